The van der Waals surface area contributed by atoms with Gasteiger partial charge in [-0.2, -0.15) is 9.40 Å². The number of nitrogens with zero attached hydrogens (tertiary/aromatic N) is 3. The number of aromatic nitrogens is 2. The first-order chi connectivity index (χ1) is 14.4. The maximum Gasteiger partial charge on any atom is 0.243 e. The number of piperidine rings is 1. The average Bonchev–Trinajstić information content (AvgIpc) is 3.52. The van der Waals surface area contributed by atoms with Crippen molar-refractivity contribution < 1.29 is 13.5 Å². The van der Waals surface area contributed by atoms with E-state index in [1.54, 1.807) is 12.1 Å². The van der Waals surface area contributed by atoms with Crippen LogP contribution in [0.4, 0.5) is 11.5 Å². The maximum atomic E-state index is 13.2. The predicted molar refractivity (Wildman–Crippen MR) is 116 cm³/mol. The Balaban J connectivity index is 1.54. The van der Waals surface area contributed by atoms with Gasteiger partial charge < -0.3 is 10.4 Å². The van der Waals surface area contributed by atoms with E-state index >= 15 is 0 Å². The Labute approximate surface area is 176 Å². The summed E-state index contributed by atoms with van der Waals surface area (Å²) in [4.78, 5) is 0.272. The van der Waals surface area contributed by atoms with Crippen LogP contribution >= 0.6 is 0 Å². The minimum Gasteiger partial charge on any atom is -0.393 e. The summed E-state index contributed by atoms with van der Waals surface area (Å²) in [5, 5.41) is 18.7. The lowest BCUT2D eigenvalue weighted by Crippen LogP contribution is -2.39. The molecule has 1 saturated carbocycles. The predicted octanol–water partition coefficient (Wildman–Crippen LogP) is 3.57. The lowest BCUT2D eigenvalue weighted by Gasteiger charge is -2.28. The average molecular weight is 427 g/mol. The van der Waals surface area contributed by atoms with Crippen LogP contribution in [0.15, 0.2) is 47.4 Å². The Bertz CT molecular complexity index is 1180. The van der Waals surface area contributed by atoms with Crippen LogP contribution < -0.4 is 5.32 Å². The summed E-state index contributed by atoms with van der Waals surface area (Å²) >= 11 is 0. The van der Waals surface area contributed by atoms with Gasteiger partial charge in [-0.05, 0) is 62.9 Å². The number of hydrogen-bond donors (Lipinski definition) is 2. The number of benzene rings is 2. The van der Waals surface area contributed by atoms with Gasteiger partial charge in [0.2, 0.25) is 10.0 Å². The summed E-state index contributed by atoms with van der Waals surface area (Å²) < 4.78 is 29.9. The van der Waals surface area contributed by atoms with Gasteiger partial charge in [0.25, 0.3) is 0 Å². The molecule has 1 aliphatic carbocycles. The highest BCUT2D eigenvalue weighted by Gasteiger charge is 2.31. The fourth-order valence-corrected chi connectivity index (χ4v) is 5.47. The molecule has 3 aromatic rings. The third-order valence-electron chi connectivity index (χ3n) is 5.95. The molecule has 7 nitrogen and oxygen atoms in total. The molecule has 0 amide bonds. The van der Waals surface area contributed by atoms with Crippen LogP contribution in [0, 0.1) is 6.92 Å². The minimum atomic E-state index is -3.61. The molecule has 2 aliphatic rings. The molecule has 0 spiro atoms. The Kier molecular flexibility index (Phi) is 4.80. The Morgan fingerprint density at radius 2 is 1.73 bits per heavy atom. The first kappa shape index (κ1) is 19.5. The van der Waals surface area contributed by atoms with E-state index in [-0.39, 0.29) is 4.90 Å². The second-order valence-electron chi connectivity index (χ2n) is 8.33. The van der Waals surface area contributed by atoms with E-state index in [9.17, 15) is 13.5 Å². The SMILES string of the molecule is Cc1ccc(Nc2nn(C3CC3)c3ccc(S(=O)(=O)N4CCC(O)CC4)cc23)cc1. The molecule has 158 valence electrons. The van der Waals surface area contributed by atoms with Crippen LogP contribution in [-0.4, -0.2) is 46.8 Å². The van der Waals surface area contributed by atoms with Crippen LogP contribution in [0.5, 0.6) is 0 Å². The van der Waals surface area contributed by atoms with Crippen molar-refractivity contribution in [2.45, 2.75) is 49.6 Å². The number of hydrogen-bond acceptors (Lipinski definition) is 5. The molecule has 1 aromatic heterocycles. The lowest BCUT2D eigenvalue weighted by molar-refractivity contribution is 0.113. The number of aliphatic hydroxyl groups excluding tert-OH is 1. The van der Waals surface area contributed by atoms with E-state index < -0.39 is 16.1 Å². The van der Waals surface area contributed by atoms with Gasteiger partial charge in [-0.25, -0.2) is 8.42 Å². The maximum absolute atomic E-state index is 13.2. The van der Waals surface area contributed by atoms with Crippen LogP contribution in [0.25, 0.3) is 10.9 Å². The van der Waals surface area contributed by atoms with Gasteiger partial charge in [-0.1, -0.05) is 17.7 Å². The molecule has 30 heavy (non-hydrogen) atoms. The number of sulfonamides is 1. The summed E-state index contributed by atoms with van der Waals surface area (Å²) in [6.07, 6.45) is 2.72. The molecule has 2 N–H and O–H groups in total. The van der Waals surface area contributed by atoms with Crippen LogP contribution in [-0.2, 0) is 10.0 Å². The summed E-state index contributed by atoms with van der Waals surface area (Å²) in [7, 11) is -3.61. The van der Waals surface area contributed by atoms with E-state index in [1.165, 1.54) is 9.87 Å². The van der Waals surface area contributed by atoms with E-state index in [0.717, 1.165) is 29.4 Å². The zero-order valence-corrected chi connectivity index (χ0v) is 17.8. The van der Waals surface area contributed by atoms with Crippen molar-refractivity contribution in [1.82, 2.24) is 14.1 Å². The number of aryl methyl sites for hydroxylation is 1. The topological polar surface area (TPSA) is 87.5 Å². The van der Waals surface area contributed by atoms with E-state index in [0.29, 0.717) is 37.8 Å². The molecule has 2 aromatic carbocycles. The number of anilines is 2. The molecule has 0 unspecified atom stereocenters. The molecule has 0 atom stereocenters. The molecule has 2 heterocycles. The van der Waals surface area contributed by atoms with Gasteiger partial charge in [0.1, 0.15) is 0 Å². The molecule has 5 rings (SSSR count). The molecule has 2 fully saturated rings. The lowest BCUT2D eigenvalue weighted by atomic mass is 10.1. The third kappa shape index (κ3) is 3.59. The van der Waals surface area contributed by atoms with Gasteiger partial charge in [-0.15, -0.1) is 0 Å². The van der Waals surface area contributed by atoms with Crippen molar-refractivity contribution in [1.29, 1.82) is 0 Å². The second-order valence-corrected chi connectivity index (χ2v) is 10.3. The number of aliphatic hydroxyl groups is 1. The van der Waals surface area contributed by atoms with E-state index in [2.05, 4.69) is 5.32 Å². The molecule has 0 bridgehead atoms. The Morgan fingerprint density at radius 3 is 2.40 bits per heavy atom. The highest BCUT2D eigenvalue weighted by atomic mass is 32.2. The first-order valence-corrected chi connectivity index (χ1v) is 11.9. The smallest absolute Gasteiger partial charge is 0.243 e. The van der Waals surface area contributed by atoms with Gasteiger partial charge in [0, 0.05) is 24.2 Å². The van der Waals surface area contributed by atoms with Crippen molar-refractivity contribution >= 4 is 32.4 Å². The monoisotopic (exact) mass is 426 g/mol. The standard InChI is InChI=1S/C22H26N4O3S/c1-15-2-4-16(5-3-15)23-22-20-14-19(8-9-21(20)26(24-22)17-6-7-17)30(28,29)25-12-10-18(27)11-13-25/h2-5,8-9,14,17-18,27H,6-7,10-13H2,1H3,(H,23,24). The zero-order valence-electron chi connectivity index (χ0n) is 17.0. The third-order valence-corrected chi connectivity index (χ3v) is 7.84. The number of fused-ring (bicyclic) bond motifs is 1. The molecular weight excluding hydrogens is 400 g/mol. The van der Waals surface area contributed by atoms with Crippen LogP contribution in [0.2, 0.25) is 0 Å². The van der Waals surface area contributed by atoms with Crippen molar-refractivity contribution in [2.75, 3.05) is 18.4 Å². The van der Waals surface area contributed by atoms with Crippen LogP contribution in [0.1, 0.15) is 37.3 Å². The van der Waals surface area contributed by atoms with Gasteiger partial charge in [0.15, 0.2) is 5.82 Å². The Morgan fingerprint density at radius 1 is 1.03 bits per heavy atom. The first-order valence-electron chi connectivity index (χ1n) is 10.5. The van der Waals surface area contributed by atoms with Gasteiger partial charge in [-0.3, -0.25) is 4.68 Å². The van der Waals surface area contributed by atoms with Gasteiger partial charge in [0.05, 0.1) is 22.6 Å². The van der Waals surface area contributed by atoms with Crippen molar-refractivity contribution in [3.8, 4) is 0 Å². The molecule has 1 saturated heterocycles. The quantitative estimate of drug-likeness (QED) is 0.651. The van der Waals surface area contributed by atoms with E-state index in [4.69, 9.17) is 5.10 Å². The second kappa shape index (κ2) is 7.37. The van der Waals surface area contributed by atoms with Crippen molar-refractivity contribution in [3.05, 3.63) is 48.0 Å². The van der Waals surface area contributed by atoms with Crippen molar-refractivity contribution in [3.63, 3.8) is 0 Å². The molecule has 1 aliphatic heterocycles. The summed E-state index contributed by atoms with van der Waals surface area (Å²) in [5.41, 5.74) is 3.04. The van der Waals surface area contributed by atoms with Crippen LogP contribution in [0.3, 0.4) is 0 Å². The van der Waals surface area contributed by atoms with E-state index in [1.807, 2.05) is 41.9 Å². The highest BCUT2D eigenvalue weighted by Crippen LogP contribution is 2.40. The summed E-state index contributed by atoms with van der Waals surface area (Å²) in [5.74, 6) is 0.673. The fourth-order valence-electron chi connectivity index (χ4n) is 3.98. The molecule has 8 heteroatoms. The largest absolute Gasteiger partial charge is 0.393 e. The van der Waals surface area contributed by atoms with Gasteiger partial charge >= 0.3 is 0 Å². The molecule has 0 radical (unpaired) electrons. The summed E-state index contributed by atoms with van der Waals surface area (Å²) in [6.45, 7) is 2.73. The highest BCUT2D eigenvalue weighted by molar-refractivity contribution is 7.89. The minimum absolute atomic E-state index is 0.272. The molecular formula is C22H26N4O3S. The fraction of sp³-hybridized carbons (Fsp3) is 0.409. The summed E-state index contributed by atoms with van der Waals surface area (Å²) in [6, 6.07) is 13.7. The number of nitrogens with one attached hydrogen (secondary N) is 1. The zero-order chi connectivity index (χ0) is 20.9. The van der Waals surface area contributed by atoms with Crippen molar-refractivity contribution in [2.24, 2.45) is 0 Å². The number of rotatable bonds is 5. The Hall–Kier alpha value is -2.42. The normalized spacial score (nSPS) is 18.7.